The lowest BCUT2D eigenvalue weighted by atomic mass is 10.1. The number of ether oxygens (including phenoxy) is 2. The number of carbonyl (C=O) groups excluding carboxylic acids is 2. The lowest BCUT2D eigenvalue weighted by molar-refractivity contribution is 0.0773. The molecule has 2 aromatic carbocycles. The quantitative estimate of drug-likeness (QED) is 0.619. The first-order valence-corrected chi connectivity index (χ1v) is 10.0. The van der Waals surface area contributed by atoms with Crippen LogP contribution in [0.4, 0.5) is 5.69 Å². The van der Waals surface area contributed by atoms with E-state index in [0.717, 1.165) is 0 Å². The summed E-state index contributed by atoms with van der Waals surface area (Å²) in [6.45, 7) is 7.22. The average molecular weight is 439 g/mol. The maximum absolute atomic E-state index is 12.7. The van der Waals surface area contributed by atoms with Gasteiger partial charge >= 0.3 is 0 Å². The highest BCUT2D eigenvalue weighted by Crippen LogP contribution is 2.36. The number of nitrogens with zero attached hydrogens (tertiary/aromatic N) is 1. The minimum Gasteiger partial charge on any atom is -0.493 e. The number of carbonyl (C=O) groups is 2. The molecular formula is C21H24Cl2N2O4. The van der Waals surface area contributed by atoms with E-state index in [-0.39, 0.29) is 16.0 Å². The van der Waals surface area contributed by atoms with Gasteiger partial charge in [0.25, 0.3) is 11.8 Å². The van der Waals surface area contributed by atoms with Crippen LogP contribution in [0.15, 0.2) is 30.3 Å². The Morgan fingerprint density at radius 1 is 1.03 bits per heavy atom. The van der Waals surface area contributed by atoms with E-state index in [0.29, 0.717) is 48.0 Å². The van der Waals surface area contributed by atoms with E-state index in [1.807, 2.05) is 20.8 Å². The first kappa shape index (κ1) is 22.8. The molecule has 2 rings (SSSR count). The van der Waals surface area contributed by atoms with E-state index >= 15 is 0 Å². The summed E-state index contributed by atoms with van der Waals surface area (Å²) in [5.74, 6) is 0.200. The molecule has 156 valence electrons. The lowest BCUT2D eigenvalue weighted by Crippen LogP contribution is -2.30. The lowest BCUT2D eigenvalue weighted by Gasteiger charge is -2.19. The molecule has 0 aromatic heterocycles. The third kappa shape index (κ3) is 5.34. The van der Waals surface area contributed by atoms with Gasteiger partial charge in [-0.3, -0.25) is 9.59 Å². The molecule has 2 aromatic rings. The summed E-state index contributed by atoms with van der Waals surface area (Å²) in [5, 5.41) is 3.29. The second-order valence-electron chi connectivity index (χ2n) is 6.05. The van der Waals surface area contributed by atoms with Gasteiger partial charge in [0.1, 0.15) is 0 Å². The molecular weight excluding hydrogens is 415 g/mol. The Hall–Kier alpha value is -2.44. The van der Waals surface area contributed by atoms with Crippen molar-refractivity contribution in [3.05, 3.63) is 51.5 Å². The third-order valence-electron chi connectivity index (χ3n) is 4.29. The Morgan fingerprint density at radius 2 is 1.72 bits per heavy atom. The first-order valence-electron chi connectivity index (χ1n) is 9.26. The van der Waals surface area contributed by atoms with Crippen molar-refractivity contribution >= 4 is 40.7 Å². The van der Waals surface area contributed by atoms with Crippen LogP contribution in [0.5, 0.6) is 11.5 Å². The highest BCUT2D eigenvalue weighted by molar-refractivity contribution is 6.34. The molecule has 6 nitrogen and oxygen atoms in total. The van der Waals surface area contributed by atoms with Crippen molar-refractivity contribution in [2.24, 2.45) is 0 Å². The summed E-state index contributed by atoms with van der Waals surface area (Å²) in [7, 11) is 1.47. The topological polar surface area (TPSA) is 67.9 Å². The van der Waals surface area contributed by atoms with Gasteiger partial charge in [-0.15, -0.1) is 0 Å². The van der Waals surface area contributed by atoms with Crippen molar-refractivity contribution in [2.45, 2.75) is 20.8 Å². The molecule has 2 amide bonds. The smallest absolute Gasteiger partial charge is 0.255 e. The fourth-order valence-electron chi connectivity index (χ4n) is 2.79. The van der Waals surface area contributed by atoms with Crippen molar-refractivity contribution < 1.29 is 19.1 Å². The fraction of sp³-hybridized carbons (Fsp3) is 0.333. The standard InChI is InChI=1S/C21H24Cl2N2O4/c1-5-25(6-2)21(27)15-9-8-14(12-16(15)22)24-20(26)13-10-17(23)19(29-7-3)18(11-13)28-4/h8-12H,5-7H2,1-4H3,(H,24,26). The largest absolute Gasteiger partial charge is 0.493 e. The molecule has 0 heterocycles. The molecule has 0 atom stereocenters. The number of anilines is 1. The maximum atomic E-state index is 12.7. The van der Waals surface area contributed by atoms with Gasteiger partial charge < -0.3 is 19.7 Å². The van der Waals surface area contributed by atoms with Crippen molar-refractivity contribution in [1.82, 2.24) is 4.90 Å². The van der Waals surface area contributed by atoms with Crippen molar-refractivity contribution in [2.75, 3.05) is 32.1 Å². The first-order chi connectivity index (χ1) is 13.9. The molecule has 0 fully saturated rings. The molecule has 0 aliphatic rings. The molecule has 0 saturated carbocycles. The van der Waals surface area contributed by atoms with Gasteiger partial charge in [0.2, 0.25) is 0 Å². The molecule has 0 aliphatic heterocycles. The fourth-order valence-corrected chi connectivity index (χ4v) is 3.31. The minimum absolute atomic E-state index is 0.152. The number of amides is 2. The van der Waals surface area contributed by atoms with Crippen LogP contribution in [0.2, 0.25) is 10.0 Å². The number of methoxy groups -OCH3 is 1. The number of benzene rings is 2. The molecule has 0 bridgehead atoms. The zero-order valence-electron chi connectivity index (χ0n) is 16.8. The number of hydrogen-bond acceptors (Lipinski definition) is 4. The van der Waals surface area contributed by atoms with Gasteiger partial charge in [0.05, 0.1) is 29.3 Å². The van der Waals surface area contributed by atoms with E-state index in [2.05, 4.69) is 5.32 Å². The Kier molecular flexibility index (Phi) is 8.17. The minimum atomic E-state index is -0.396. The molecule has 0 aliphatic carbocycles. The number of nitrogens with one attached hydrogen (secondary N) is 1. The monoisotopic (exact) mass is 438 g/mol. The SMILES string of the molecule is CCOc1c(Cl)cc(C(=O)Nc2ccc(C(=O)N(CC)CC)c(Cl)c2)cc1OC. The number of rotatable bonds is 8. The summed E-state index contributed by atoms with van der Waals surface area (Å²) >= 11 is 12.5. The highest BCUT2D eigenvalue weighted by Gasteiger charge is 2.18. The summed E-state index contributed by atoms with van der Waals surface area (Å²) in [4.78, 5) is 26.8. The van der Waals surface area contributed by atoms with Crippen molar-refractivity contribution in [3.63, 3.8) is 0 Å². The van der Waals surface area contributed by atoms with Crippen LogP contribution in [0.25, 0.3) is 0 Å². The van der Waals surface area contributed by atoms with Crippen LogP contribution in [0, 0.1) is 0 Å². The summed E-state index contributed by atoms with van der Waals surface area (Å²) in [5.41, 5.74) is 1.15. The van der Waals surface area contributed by atoms with Crippen LogP contribution in [-0.2, 0) is 0 Å². The van der Waals surface area contributed by atoms with Crippen LogP contribution in [-0.4, -0.2) is 43.5 Å². The van der Waals surface area contributed by atoms with Crippen LogP contribution >= 0.6 is 23.2 Å². The zero-order chi connectivity index (χ0) is 21.6. The molecule has 29 heavy (non-hydrogen) atoms. The molecule has 0 saturated heterocycles. The molecule has 0 radical (unpaired) electrons. The van der Waals surface area contributed by atoms with E-state index in [1.165, 1.54) is 13.2 Å². The summed E-state index contributed by atoms with van der Waals surface area (Å²) in [6.07, 6.45) is 0. The average Bonchev–Trinajstić information content (AvgIpc) is 2.70. The number of halogens is 2. The zero-order valence-corrected chi connectivity index (χ0v) is 18.4. The second kappa shape index (κ2) is 10.4. The Labute approximate surface area is 180 Å². The van der Waals surface area contributed by atoms with E-state index in [4.69, 9.17) is 32.7 Å². The van der Waals surface area contributed by atoms with Crippen molar-refractivity contribution in [1.29, 1.82) is 0 Å². The molecule has 8 heteroatoms. The number of hydrogen-bond donors (Lipinski definition) is 1. The third-order valence-corrected chi connectivity index (χ3v) is 4.88. The van der Waals surface area contributed by atoms with E-state index in [1.54, 1.807) is 29.2 Å². The summed E-state index contributed by atoms with van der Waals surface area (Å²) < 4.78 is 10.7. The van der Waals surface area contributed by atoms with Crippen molar-refractivity contribution in [3.8, 4) is 11.5 Å². The maximum Gasteiger partial charge on any atom is 0.255 e. The molecule has 1 N–H and O–H groups in total. The molecule has 0 spiro atoms. The van der Waals surface area contributed by atoms with Gasteiger partial charge in [-0.1, -0.05) is 23.2 Å². The second-order valence-corrected chi connectivity index (χ2v) is 6.86. The molecule has 0 unspecified atom stereocenters. The van der Waals surface area contributed by atoms with Crippen LogP contribution in [0.3, 0.4) is 0 Å². The summed E-state index contributed by atoms with van der Waals surface area (Å²) in [6, 6.07) is 7.83. The van der Waals surface area contributed by atoms with Gasteiger partial charge in [0, 0.05) is 24.3 Å². The van der Waals surface area contributed by atoms with E-state index < -0.39 is 5.91 Å². The van der Waals surface area contributed by atoms with Gasteiger partial charge in [-0.25, -0.2) is 0 Å². The van der Waals surface area contributed by atoms with Gasteiger partial charge in [-0.05, 0) is 51.1 Å². The van der Waals surface area contributed by atoms with Gasteiger partial charge in [0.15, 0.2) is 11.5 Å². The Balaban J connectivity index is 2.24. The van der Waals surface area contributed by atoms with E-state index in [9.17, 15) is 9.59 Å². The Morgan fingerprint density at radius 3 is 2.28 bits per heavy atom. The Bertz CT molecular complexity index is 898. The highest BCUT2D eigenvalue weighted by atomic mass is 35.5. The normalized spacial score (nSPS) is 10.4. The predicted octanol–water partition coefficient (Wildman–Crippen LogP) is 5.14. The predicted molar refractivity (Wildman–Crippen MR) is 116 cm³/mol. The van der Waals surface area contributed by atoms with Crippen LogP contribution in [0.1, 0.15) is 41.5 Å². The van der Waals surface area contributed by atoms with Crippen LogP contribution < -0.4 is 14.8 Å². The van der Waals surface area contributed by atoms with Gasteiger partial charge in [-0.2, -0.15) is 0 Å².